The van der Waals surface area contributed by atoms with Crippen LogP contribution in [0.3, 0.4) is 0 Å². The highest BCUT2D eigenvalue weighted by atomic mass is 16.4. The lowest BCUT2D eigenvalue weighted by molar-refractivity contribution is -0.138. The third-order valence-electron chi connectivity index (χ3n) is 3.01. The van der Waals surface area contributed by atoms with Crippen LogP contribution in [0.25, 0.3) is 11.0 Å². The number of hydrogen-bond donors (Lipinski definition) is 2. The molecule has 19 heavy (non-hydrogen) atoms. The summed E-state index contributed by atoms with van der Waals surface area (Å²) in [6.45, 7) is 3.44. The number of nitrogens with one attached hydrogen (secondary N) is 1. The topological polar surface area (TPSA) is 79.5 Å². The van der Waals surface area contributed by atoms with Crippen molar-refractivity contribution in [1.82, 2.24) is 5.32 Å². The quantitative estimate of drug-likeness (QED) is 0.884. The largest absolute Gasteiger partial charge is 0.480 e. The minimum absolute atomic E-state index is 0.360. The molecule has 100 valence electrons. The fourth-order valence-corrected chi connectivity index (χ4v) is 1.81. The van der Waals surface area contributed by atoms with Gasteiger partial charge in [-0.2, -0.15) is 0 Å². The Morgan fingerprint density at radius 3 is 2.79 bits per heavy atom. The van der Waals surface area contributed by atoms with Crippen LogP contribution in [0, 0.1) is 0 Å². The Kier molecular flexibility index (Phi) is 3.55. The minimum Gasteiger partial charge on any atom is -0.480 e. The van der Waals surface area contributed by atoms with Gasteiger partial charge in [-0.15, -0.1) is 0 Å². The second kappa shape index (κ2) is 5.14. The molecule has 5 nitrogen and oxygen atoms in total. The number of aliphatic carboxylic acids is 1. The van der Waals surface area contributed by atoms with E-state index in [9.17, 15) is 9.59 Å². The summed E-state index contributed by atoms with van der Waals surface area (Å²) in [7, 11) is 0. The van der Waals surface area contributed by atoms with Crippen LogP contribution in [-0.2, 0) is 11.2 Å². The van der Waals surface area contributed by atoms with Crippen molar-refractivity contribution in [2.75, 3.05) is 0 Å². The number of furan rings is 1. The Hall–Kier alpha value is -2.30. The van der Waals surface area contributed by atoms with Crippen molar-refractivity contribution in [3.8, 4) is 0 Å². The van der Waals surface area contributed by atoms with Gasteiger partial charge in [0.1, 0.15) is 17.9 Å². The molecule has 1 heterocycles. The number of hydrogen-bond acceptors (Lipinski definition) is 3. The zero-order valence-electron chi connectivity index (χ0n) is 10.8. The Labute approximate surface area is 110 Å². The average Bonchev–Trinajstić information content (AvgIpc) is 2.81. The van der Waals surface area contributed by atoms with Gasteiger partial charge in [0.2, 0.25) is 0 Å². The van der Waals surface area contributed by atoms with Crippen LogP contribution in [0.2, 0.25) is 0 Å². The van der Waals surface area contributed by atoms with Crippen LogP contribution in [-0.4, -0.2) is 23.0 Å². The molecule has 0 aliphatic carbocycles. The van der Waals surface area contributed by atoms with Crippen LogP contribution in [0.1, 0.15) is 29.8 Å². The molecule has 1 amide bonds. The van der Waals surface area contributed by atoms with Gasteiger partial charge in [0.15, 0.2) is 0 Å². The second-order valence-corrected chi connectivity index (χ2v) is 4.37. The summed E-state index contributed by atoms with van der Waals surface area (Å²) in [5.41, 5.74) is 2.07. The molecule has 0 aliphatic rings. The van der Waals surface area contributed by atoms with Crippen LogP contribution < -0.4 is 5.32 Å². The molecule has 0 saturated heterocycles. The standard InChI is InChI=1S/C14H15NO4/c1-3-9-4-5-12-10(6-9)11(7-19-12)13(16)15-8(2)14(17)18/h4-8H,3H2,1-2H3,(H,15,16)(H,17,18)/t8-/m0/s1. The predicted molar refractivity (Wildman–Crippen MR) is 70.2 cm³/mol. The molecule has 0 bridgehead atoms. The smallest absolute Gasteiger partial charge is 0.325 e. The predicted octanol–water partition coefficient (Wildman–Crippen LogP) is 2.20. The summed E-state index contributed by atoms with van der Waals surface area (Å²) in [5.74, 6) is -1.52. The zero-order valence-corrected chi connectivity index (χ0v) is 10.8. The van der Waals surface area contributed by atoms with E-state index in [0.717, 1.165) is 12.0 Å². The number of carboxylic acid groups (broad SMARTS) is 1. The molecule has 1 aromatic carbocycles. The molecule has 0 fully saturated rings. The summed E-state index contributed by atoms with van der Waals surface area (Å²) < 4.78 is 5.30. The first-order valence-corrected chi connectivity index (χ1v) is 6.06. The molecule has 5 heteroatoms. The molecule has 0 saturated carbocycles. The second-order valence-electron chi connectivity index (χ2n) is 4.37. The van der Waals surface area contributed by atoms with Gasteiger partial charge in [-0.05, 0) is 31.0 Å². The van der Waals surface area contributed by atoms with Crippen molar-refractivity contribution < 1.29 is 19.1 Å². The first kappa shape index (κ1) is 13.1. The fraction of sp³-hybridized carbons (Fsp3) is 0.286. The van der Waals surface area contributed by atoms with E-state index in [1.807, 2.05) is 25.1 Å². The van der Waals surface area contributed by atoms with Crippen molar-refractivity contribution >= 4 is 22.8 Å². The van der Waals surface area contributed by atoms with E-state index in [1.165, 1.54) is 13.2 Å². The van der Waals surface area contributed by atoms with E-state index in [1.54, 1.807) is 0 Å². The summed E-state index contributed by atoms with van der Waals surface area (Å²) in [6.07, 6.45) is 2.21. The van der Waals surface area contributed by atoms with E-state index < -0.39 is 17.9 Å². The number of benzene rings is 1. The van der Waals surface area contributed by atoms with E-state index >= 15 is 0 Å². The Bertz CT molecular complexity index is 629. The van der Waals surface area contributed by atoms with Gasteiger partial charge >= 0.3 is 5.97 Å². The summed E-state index contributed by atoms with van der Waals surface area (Å²) in [5, 5.41) is 11.9. The number of carboxylic acids is 1. The lowest BCUT2D eigenvalue weighted by Gasteiger charge is -2.08. The van der Waals surface area contributed by atoms with Gasteiger partial charge in [-0.25, -0.2) is 0 Å². The molecule has 0 unspecified atom stereocenters. The average molecular weight is 261 g/mol. The van der Waals surface area contributed by atoms with Crippen molar-refractivity contribution in [1.29, 1.82) is 0 Å². The molecule has 1 atom stereocenters. The highest BCUT2D eigenvalue weighted by Gasteiger charge is 2.19. The Morgan fingerprint density at radius 2 is 2.16 bits per heavy atom. The Balaban J connectivity index is 2.34. The first-order valence-electron chi connectivity index (χ1n) is 6.06. The van der Waals surface area contributed by atoms with Crippen LogP contribution in [0.4, 0.5) is 0 Å². The minimum atomic E-state index is -1.07. The van der Waals surface area contributed by atoms with E-state index in [2.05, 4.69) is 5.32 Å². The van der Waals surface area contributed by atoms with E-state index in [-0.39, 0.29) is 0 Å². The van der Waals surface area contributed by atoms with Crippen molar-refractivity contribution in [2.45, 2.75) is 26.3 Å². The number of aryl methyl sites for hydroxylation is 1. The third-order valence-corrected chi connectivity index (χ3v) is 3.01. The van der Waals surface area contributed by atoms with Crippen molar-refractivity contribution in [3.63, 3.8) is 0 Å². The monoisotopic (exact) mass is 261 g/mol. The molecule has 0 radical (unpaired) electrons. The molecule has 2 aromatic rings. The number of fused-ring (bicyclic) bond motifs is 1. The van der Waals surface area contributed by atoms with Gasteiger partial charge in [0.25, 0.3) is 5.91 Å². The van der Waals surface area contributed by atoms with Gasteiger partial charge < -0.3 is 14.8 Å². The highest BCUT2D eigenvalue weighted by Crippen LogP contribution is 2.22. The molecular formula is C14H15NO4. The number of amides is 1. The lowest BCUT2D eigenvalue weighted by atomic mass is 10.1. The molecule has 0 aliphatic heterocycles. The molecule has 2 N–H and O–H groups in total. The first-order chi connectivity index (χ1) is 9.02. The summed E-state index contributed by atoms with van der Waals surface area (Å²) >= 11 is 0. The number of carbonyl (C=O) groups is 2. The summed E-state index contributed by atoms with van der Waals surface area (Å²) in [6, 6.07) is 4.70. The summed E-state index contributed by atoms with van der Waals surface area (Å²) in [4.78, 5) is 22.7. The molecule has 2 rings (SSSR count). The molecular weight excluding hydrogens is 246 g/mol. The third kappa shape index (κ3) is 2.59. The van der Waals surface area contributed by atoms with Gasteiger partial charge in [0, 0.05) is 5.39 Å². The van der Waals surface area contributed by atoms with Crippen molar-refractivity contribution in [2.24, 2.45) is 0 Å². The fourth-order valence-electron chi connectivity index (χ4n) is 1.81. The van der Waals surface area contributed by atoms with Crippen LogP contribution in [0.5, 0.6) is 0 Å². The maximum atomic E-state index is 12.0. The molecule has 0 spiro atoms. The SMILES string of the molecule is CCc1ccc2occ(C(=O)N[C@@H](C)C(=O)O)c2c1. The maximum absolute atomic E-state index is 12.0. The zero-order chi connectivity index (χ0) is 14.0. The van der Waals surface area contributed by atoms with Crippen LogP contribution >= 0.6 is 0 Å². The Morgan fingerprint density at radius 1 is 1.42 bits per heavy atom. The normalized spacial score (nSPS) is 12.3. The van der Waals surface area contributed by atoms with Gasteiger partial charge in [0.05, 0.1) is 5.56 Å². The van der Waals surface area contributed by atoms with Crippen molar-refractivity contribution in [3.05, 3.63) is 35.6 Å². The van der Waals surface area contributed by atoms with Gasteiger partial charge in [-0.1, -0.05) is 13.0 Å². The number of carbonyl (C=O) groups excluding carboxylic acids is 1. The van der Waals surface area contributed by atoms with Gasteiger partial charge in [-0.3, -0.25) is 9.59 Å². The highest BCUT2D eigenvalue weighted by molar-refractivity contribution is 6.07. The van der Waals surface area contributed by atoms with E-state index in [0.29, 0.717) is 16.5 Å². The van der Waals surface area contributed by atoms with E-state index in [4.69, 9.17) is 9.52 Å². The lowest BCUT2D eigenvalue weighted by Crippen LogP contribution is -2.38. The molecule has 1 aromatic heterocycles. The number of rotatable bonds is 4. The maximum Gasteiger partial charge on any atom is 0.325 e. The van der Waals surface area contributed by atoms with Crippen LogP contribution in [0.15, 0.2) is 28.9 Å².